The lowest BCUT2D eigenvalue weighted by molar-refractivity contribution is -0.119. The van der Waals surface area contributed by atoms with Gasteiger partial charge in [-0.25, -0.2) is 9.18 Å². The highest BCUT2D eigenvalue weighted by molar-refractivity contribution is 5.98. The van der Waals surface area contributed by atoms with E-state index in [-0.39, 0.29) is 24.6 Å². The number of rotatable bonds is 8. The Labute approximate surface area is 183 Å². The molecule has 4 N–H and O–H groups in total. The quantitative estimate of drug-likeness (QED) is 0.496. The van der Waals surface area contributed by atoms with Crippen LogP contribution in [-0.4, -0.2) is 28.3 Å². The van der Waals surface area contributed by atoms with E-state index < -0.39 is 17.8 Å². The number of fused-ring (bicyclic) bond motifs is 1. The molecule has 0 fully saturated rings. The van der Waals surface area contributed by atoms with E-state index in [2.05, 4.69) is 5.32 Å². The van der Waals surface area contributed by atoms with E-state index in [9.17, 15) is 23.9 Å². The first-order valence-electron chi connectivity index (χ1n) is 10.0. The molecule has 8 nitrogen and oxygen atoms in total. The Kier molecular flexibility index (Phi) is 6.77. The molecule has 0 unspecified atom stereocenters. The van der Waals surface area contributed by atoms with E-state index in [0.717, 1.165) is 0 Å². The van der Waals surface area contributed by atoms with Crippen LogP contribution in [-0.2, 0) is 17.9 Å². The SMILES string of the molecule is CC(C)Cn1c(CNC(=O)O)c(-c2cccc(F)c2)c2cc(OCC(N)=O)ccc2c1=O. The zero-order valence-corrected chi connectivity index (χ0v) is 17.7. The van der Waals surface area contributed by atoms with Gasteiger partial charge in [0.1, 0.15) is 11.6 Å². The second-order valence-corrected chi connectivity index (χ2v) is 7.76. The Balaban J connectivity index is 2.38. The molecule has 3 aromatic rings. The van der Waals surface area contributed by atoms with Gasteiger partial charge in [-0.05, 0) is 41.8 Å². The highest BCUT2D eigenvalue weighted by atomic mass is 19.1. The summed E-state index contributed by atoms with van der Waals surface area (Å²) in [5.41, 5.74) is 6.21. The number of aromatic nitrogens is 1. The molecular weight excluding hydrogens is 417 g/mol. The van der Waals surface area contributed by atoms with Gasteiger partial charge in [0.2, 0.25) is 0 Å². The van der Waals surface area contributed by atoms with E-state index in [1.807, 2.05) is 13.8 Å². The van der Waals surface area contributed by atoms with Crippen LogP contribution in [0.5, 0.6) is 5.75 Å². The maximum Gasteiger partial charge on any atom is 0.404 e. The van der Waals surface area contributed by atoms with E-state index in [1.165, 1.54) is 22.8 Å². The topological polar surface area (TPSA) is 124 Å². The minimum Gasteiger partial charge on any atom is -0.484 e. The number of hydrogen-bond acceptors (Lipinski definition) is 4. The van der Waals surface area contributed by atoms with Crippen molar-refractivity contribution in [3.05, 3.63) is 64.3 Å². The van der Waals surface area contributed by atoms with Gasteiger partial charge in [-0.15, -0.1) is 0 Å². The van der Waals surface area contributed by atoms with Crippen LogP contribution < -0.4 is 21.3 Å². The Hall–Kier alpha value is -3.88. The molecule has 0 aliphatic rings. The minimum absolute atomic E-state index is 0.0901. The third kappa shape index (κ3) is 5.05. The number of nitrogens with zero attached hydrogens (tertiary/aromatic N) is 1. The van der Waals surface area contributed by atoms with Gasteiger partial charge in [-0.1, -0.05) is 26.0 Å². The normalized spacial score (nSPS) is 11.0. The Morgan fingerprint density at radius 1 is 1.19 bits per heavy atom. The van der Waals surface area contributed by atoms with Crippen molar-refractivity contribution in [2.75, 3.05) is 6.61 Å². The zero-order valence-electron chi connectivity index (χ0n) is 17.7. The summed E-state index contributed by atoms with van der Waals surface area (Å²) in [6.07, 6.45) is -1.25. The highest BCUT2D eigenvalue weighted by Crippen LogP contribution is 2.33. The molecule has 168 valence electrons. The molecule has 0 spiro atoms. The van der Waals surface area contributed by atoms with Crippen LogP contribution in [0.4, 0.5) is 9.18 Å². The first-order valence-corrected chi connectivity index (χ1v) is 10.0. The summed E-state index contributed by atoms with van der Waals surface area (Å²) in [4.78, 5) is 35.7. The fraction of sp³-hybridized carbons (Fsp3) is 0.261. The van der Waals surface area contributed by atoms with Crippen molar-refractivity contribution in [2.24, 2.45) is 11.7 Å². The van der Waals surface area contributed by atoms with Gasteiger partial charge < -0.3 is 25.5 Å². The van der Waals surface area contributed by atoms with Gasteiger partial charge in [0.15, 0.2) is 6.61 Å². The molecule has 0 aliphatic carbocycles. The van der Waals surface area contributed by atoms with Gasteiger partial charge in [-0.2, -0.15) is 0 Å². The van der Waals surface area contributed by atoms with E-state index >= 15 is 0 Å². The van der Waals surface area contributed by atoms with Crippen molar-refractivity contribution in [3.63, 3.8) is 0 Å². The minimum atomic E-state index is -1.25. The van der Waals surface area contributed by atoms with Gasteiger partial charge in [-0.3, -0.25) is 9.59 Å². The number of benzene rings is 2. The van der Waals surface area contributed by atoms with Crippen molar-refractivity contribution >= 4 is 22.8 Å². The molecule has 32 heavy (non-hydrogen) atoms. The van der Waals surface area contributed by atoms with Crippen LogP contribution in [0.15, 0.2) is 47.3 Å². The lowest BCUT2D eigenvalue weighted by Crippen LogP contribution is -2.31. The van der Waals surface area contributed by atoms with E-state index in [4.69, 9.17) is 10.5 Å². The van der Waals surface area contributed by atoms with Crippen LogP contribution in [0.1, 0.15) is 19.5 Å². The number of primary amides is 1. The summed E-state index contributed by atoms with van der Waals surface area (Å²) in [6.45, 7) is 3.71. The van der Waals surface area contributed by atoms with Gasteiger partial charge in [0.05, 0.1) is 6.54 Å². The van der Waals surface area contributed by atoms with Crippen LogP contribution in [0.25, 0.3) is 21.9 Å². The monoisotopic (exact) mass is 441 g/mol. The van der Waals surface area contributed by atoms with Crippen molar-refractivity contribution in [1.82, 2.24) is 9.88 Å². The number of amides is 2. The fourth-order valence-electron chi connectivity index (χ4n) is 3.59. The van der Waals surface area contributed by atoms with Crippen LogP contribution in [0.2, 0.25) is 0 Å². The highest BCUT2D eigenvalue weighted by Gasteiger charge is 2.20. The average Bonchev–Trinajstić information content (AvgIpc) is 2.72. The molecule has 9 heteroatoms. The maximum atomic E-state index is 14.1. The van der Waals surface area contributed by atoms with Crippen LogP contribution >= 0.6 is 0 Å². The summed E-state index contributed by atoms with van der Waals surface area (Å²) < 4.78 is 21.0. The second-order valence-electron chi connectivity index (χ2n) is 7.76. The standard InChI is InChI=1S/C23H24FN3O5/c1-13(2)11-27-19(10-26-23(30)31)21(14-4-3-5-15(24)8-14)18-9-16(32-12-20(25)28)6-7-17(18)22(27)29/h3-9,13,26H,10-12H2,1-2H3,(H2,25,28)(H,30,31). The number of carbonyl (C=O) groups is 2. The molecule has 0 saturated carbocycles. The summed E-state index contributed by atoms with van der Waals surface area (Å²) in [6, 6.07) is 10.5. The lowest BCUT2D eigenvalue weighted by Gasteiger charge is -2.22. The Morgan fingerprint density at radius 3 is 2.56 bits per heavy atom. The number of halogens is 1. The van der Waals surface area contributed by atoms with Crippen LogP contribution in [0.3, 0.4) is 0 Å². The number of carboxylic acid groups (broad SMARTS) is 1. The van der Waals surface area contributed by atoms with Gasteiger partial charge >= 0.3 is 6.09 Å². The molecule has 2 amide bonds. The summed E-state index contributed by atoms with van der Waals surface area (Å²) in [7, 11) is 0. The largest absolute Gasteiger partial charge is 0.484 e. The first kappa shape index (κ1) is 22.8. The molecule has 0 bridgehead atoms. The van der Waals surface area contributed by atoms with Crippen molar-refractivity contribution in [3.8, 4) is 16.9 Å². The van der Waals surface area contributed by atoms with Gasteiger partial charge in [0, 0.05) is 28.6 Å². The third-order valence-electron chi connectivity index (χ3n) is 4.80. The second kappa shape index (κ2) is 9.51. The van der Waals surface area contributed by atoms with Crippen molar-refractivity contribution < 1.29 is 23.8 Å². The van der Waals surface area contributed by atoms with E-state index in [1.54, 1.807) is 24.3 Å². The summed E-state index contributed by atoms with van der Waals surface area (Å²) in [5.74, 6) is -0.746. The third-order valence-corrected chi connectivity index (χ3v) is 4.80. The number of hydrogen-bond donors (Lipinski definition) is 3. The Morgan fingerprint density at radius 2 is 1.94 bits per heavy atom. The number of carbonyl (C=O) groups excluding carboxylic acids is 1. The molecule has 0 saturated heterocycles. The smallest absolute Gasteiger partial charge is 0.404 e. The predicted octanol–water partition coefficient (Wildman–Crippen LogP) is 3.10. The van der Waals surface area contributed by atoms with Gasteiger partial charge in [0.25, 0.3) is 11.5 Å². The van der Waals surface area contributed by atoms with Crippen molar-refractivity contribution in [2.45, 2.75) is 26.9 Å². The molecule has 0 atom stereocenters. The number of pyridine rings is 1. The molecule has 1 heterocycles. The maximum absolute atomic E-state index is 14.1. The summed E-state index contributed by atoms with van der Waals surface area (Å²) in [5, 5.41) is 12.3. The molecule has 0 radical (unpaired) electrons. The molecular formula is C23H24FN3O5. The number of ether oxygens (including phenoxy) is 1. The predicted molar refractivity (Wildman–Crippen MR) is 118 cm³/mol. The number of nitrogens with two attached hydrogens (primary N) is 1. The molecule has 0 aliphatic heterocycles. The van der Waals surface area contributed by atoms with Crippen LogP contribution in [0, 0.1) is 11.7 Å². The van der Waals surface area contributed by atoms with Crippen molar-refractivity contribution in [1.29, 1.82) is 0 Å². The van der Waals surface area contributed by atoms with E-state index in [0.29, 0.717) is 39.9 Å². The number of nitrogens with one attached hydrogen (secondary N) is 1. The Bertz CT molecular complexity index is 1240. The summed E-state index contributed by atoms with van der Waals surface area (Å²) >= 11 is 0. The zero-order chi connectivity index (χ0) is 23.4. The molecule has 1 aromatic heterocycles. The fourth-order valence-corrected chi connectivity index (χ4v) is 3.59. The lowest BCUT2D eigenvalue weighted by atomic mass is 9.95. The average molecular weight is 441 g/mol. The molecule has 3 rings (SSSR count). The first-order chi connectivity index (χ1) is 15.2. The molecule has 2 aromatic carbocycles.